The molecule has 0 aliphatic heterocycles. The number of halogens is 2. The van der Waals surface area contributed by atoms with E-state index < -0.39 is 0 Å². The highest BCUT2D eigenvalue weighted by Crippen LogP contribution is 2.23. The molecule has 0 bridgehead atoms. The number of rotatable bonds is 4. The van der Waals surface area contributed by atoms with E-state index in [4.69, 9.17) is 11.6 Å². The summed E-state index contributed by atoms with van der Waals surface area (Å²) in [4.78, 5) is 12.5. The number of aryl methyl sites for hydroxylation is 1. The number of Topliss-reactive ketones (excluding diaryl/α,β-unsaturated/α-hetero) is 1. The molecular weight excluding hydrogens is 283 g/mol. The van der Waals surface area contributed by atoms with Gasteiger partial charge < -0.3 is 0 Å². The molecule has 0 saturated heterocycles. The molecule has 0 radical (unpaired) electrons. The molecule has 0 heterocycles. The number of carbonyl (C=O) groups excluding carboxylic acids is 1. The van der Waals surface area contributed by atoms with Gasteiger partial charge in [0.25, 0.3) is 0 Å². The van der Waals surface area contributed by atoms with Crippen LogP contribution in [-0.2, 0) is 0 Å². The third kappa shape index (κ3) is 3.58. The maximum Gasteiger partial charge on any atom is 0.173 e. The molecule has 0 N–H and O–H groups in total. The summed E-state index contributed by atoms with van der Waals surface area (Å²) in [6.07, 6.45) is 0. The van der Waals surface area contributed by atoms with Crippen molar-refractivity contribution in [3.05, 3.63) is 64.4 Å². The lowest BCUT2D eigenvalue weighted by Gasteiger charge is -2.04. The SMILES string of the molecule is Cc1ccc(C(=O)CSc2ccccc2F)cc1Cl. The summed E-state index contributed by atoms with van der Waals surface area (Å²) < 4.78 is 13.4. The van der Waals surface area contributed by atoms with E-state index >= 15 is 0 Å². The van der Waals surface area contributed by atoms with Gasteiger partial charge >= 0.3 is 0 Å². The van der Waals surface area contributed by atoms with Crippen LogP contribution < -0.4 is 0 Å². The zero-order chi connectivity index (χ0) is 13.8. The first-order valence-corrected chi connectivity index (χ1v) is 7.11. The van der Waals surface area contributed by atoms with Crippen LogP contribution in [0, 0.1) is 12.7 Å². The Bertz CT molecular complexity index is 613. The predicted molar refractivity (Wildman–Crippen MR) is 77.6 cm³/mol. The average Bonchev–Trinajstić information content (AvgIpc) is 2.40. The Morgan fingerprint density at radius 2 is 2.00 bits per heavy atom. The van der Waals surface area contributed by atoms with Gasteiger partial charge in [-0.3, -0.25) is 4.79 Å². The standard InChI is InChI=1S/C15H12ClFOS/c1-10-6-7-11(8-12(10)16)14(18)9-19-15-5-3-2-4-13(15)17/h2-8H,9H2,1H3. The lowest BCUT2D eigenvalue weighted by Crippen LogP contribution is -2.02. The van der Waals surface area contributed by atoms with E-state index in [0.29, 0.717) is 15.5 Å². The van der Waals surface area contributed by atoms with Gasteiger partial charge in [0, 0.05) is 15.5 Å². The van der Waals surface area contributed by atoms with Gasteiger partial charge in [-0.2, -0.15) is 0 Å². The molecule has 2 aromatic carbocycles. The quantitative estimate of drug-likeness (QED) is 0.597. The summed E-state index contributed by atoms with van der Waals surface area (Å²) in [7, 11) is 0. The van der Waals surface area contributed by atoms with Crippen molar-refractivity contribution in [1.29, 1.82) is 0 Å². The second-order valence-corrected chi connectivity index (χ2v) is 5.53. The summed E-state index contributed by atoms with van der Waals surface area (Å²) >= 11 is 7.17. The number of benzene rings is 2. The van der Waals surface area contributed by atoms with E-state index in [1.807, 2.05) is 13.0 Å². The van der Waals surface area contributed by atoms with Crippen molar-refractivity contribution in [3.63, 3.8) is 0 Å². The fraction of sp³-hybridized carbons (Fsp3) is 0.133. The molecule has 0 aliphatic rings. The maximum absolute atomic E-state index is 13.4. The van der Waals surface area contributed by atoms with Crippen LogP contribution in [0.5, 0.6) is 0 Å². The topological polar surface area (TPSA) is 17.1 Å². The summed E-state index contributed by atoms with van der Waals surface area (Å²) in [5.74, 6) is -0.169. The zero-order valence-corrected chi connectivity index (χ0v) is 11.9. The van der Waals surface area contributed by atoms with Crippen molar-refractivity contribution in [2.45, 2.75) is 11.8 Å². The maximum atomic E-state index is 13.4. The second-order valence-electron chi connectivity index (χ2n) is 4.11. The average molecular weight is 295 g/mol. The lowest BCUT2D eigenvalue weighted by atomic mass is 10.1. The van der Waals surface area contributed by atoms with Crippen molar-refractivity contribution in [3.8, 4) is 0 Å². The molecular formula is C15H12ClFOS. The Balaban J connectivity index is 2.05. The van der Waals surface area contributed by atoms with Crippen LogP contribution in [0.2, 0.25) is 5.02 Å². The first kappa shape index (κ1) is 14.1. The highest BCUT2D eigenvalue weighted by atomic mass is 35.5. The van der Waals surface area contributed by atoms with Crippen molar-refractivity contribution in [2.24, 2.45) is 0 Å². The van der Waals surface area contributed by atoms with Gasteiger partial charge in [0.2, 0.25) is 0 Å². The summed E-state index contributed by atoms with van der Waals surface area (Å²) in [6, 6.07) is 11.6. The second kappa shape index (κ2) is 6.22. The van der Waals surface area contributed by atoms with Crippen LogP contribution in [0.4, 0.5) is 4.39 Å². The van der Waals surface area contributed by atoms with Gasteiger partial charge in [-0.1, -0.05) is 35.9 Å². The lowest BCUT2D eigenvalue weighted by molar-refractivity contribution is 0.102. The van der Waals surface area contributed by atoms with Crippen LogP contribution >= 0.6 is 23.4 Å². The van der Waals surface area contributed by atoms with Crippen LogP contribution in [0.15, 0.2) is 47.4 Å². The molecule has 0 amide bonds. The minimum atomic E-state index is -0.303. The molecule has 0 atom stereocenters. The number of ketones is 1. The van der Waals surface area contributed by atoms with Gasteiger partial charge in [0.15, 0.2) is 5.78 Å². The molecule has 4 heteroatoms. The normalized spacial score (nSPS) is 10.5. The van der Waals surface area contributed by atoms with Crippen LogP contribution in [0.25, 0.3) is 0 Å². The highest BCUT2D eigenvalue weighted by molar-refractivity contribution is 8.00. The molecule has 0 unspecified atom stereocenters. The van der Waals surface area contributed by atoms with Gasteiger partial charge in [-0.25, -0.2) is 4.39 Å². The van der Waals surface area contributed by atoms with E-state index in [1.165, 1.54) is 17.8 Å². The first-order valence-electron chi connectivity index (χ1n) is 5.74. The van der Waals surface area contributed by atoms with Gasteiger partial charge in [-0.05, 0) is 30.7 Å². The summed E-state index contributed by atoms with van der Waals surface area (Å²) in [5, 5.41) is 0.571. The molecule has 2 rings (SSSR count). The molecule has 0 saturated carbocycles. The van der Waals surface area contributed by atoms with E-state index in [-0.39, 0.29) is 17.4 Å². The van der Waals surface area contributed by atoms with Crippen molar-refractivity contribution in [1.82, 2.24) is 0 Å². The Hall–Kier alpha value is -1.32. The van der Waals surface area contributed by atoms with Crippen LogP contribution in [-0.4, -0.2) is 11.5 Å². The molecule has 1 nitrogen and oxygen atoms in total. The number of hydrogen-bond donors (Lipinski definition) is 0. The summed E-state index contributed by atoms with van der Waals surface area (Å²) in [6.45, 7) is 1.88. The van der Waals surface area contributed by atoms with Crippen molar-refractivity contribution >= 4 is 29.1 Å². The molecule has 0 aromatic heterocycles. The molecule has 0 aliphatic carbocycles. The predicted octanol–water partition coefficient (Wildman–Crippen LogP) is 4.76. The fourth-order valence-corrected chi connectivity index (χ4v) is 2.57. The Morgan fingerprint density at radius 3 is 2.68 bits per heavy atom. The van der Waals surface area contributed by atoms with Gasteiger partial charge in [0.05, 0.1) is 5.75 Å². The zero-order valence-electron chi connectivity index (χ0n) is 10.3. The van der Waals surface area contributed by atoms with E-state index in [2.05, 4.69) is 0 Å². The third-order valence-electron chi connectivity index (χ3n) is 2.69. The van der Waals surface area contributed by atoms with Gasteiger partial charge in [0.1, 0.15) is 5.82 Å². The Morgan fingerprint density at radius 1 is 1.26 bits per heavy atom. The fourth-order valence-electron chi connectivity index (χ4n) is 1.55. The molecule has 98 valence electrons. The van der Waals surface area contributed by atoms with Crippen LogP contribution in [0.1, 0.15) is 15.9 Å². The van der Waals surface area contributed by atoms with Crippen LogP contribution in [0.3, 0.4) is 0 Å². The number of thioether (sulfide) groups is 1. The smallest absolute Gasteiger partial charge is 0.173 e. The van der Waals surface area contributed by atoms with Gasteiger partial charge in [-0.15, -0.1) is 11.8 Å². The minimum Gasteiger partial charge on any atom is -0.293 e. The third-order valence-corrected chi connectivity index (χ3v) is 4.15. The number of hydrogen-bond acceptors (Lipinski definition) is 2. The summed E-state index contributed by atoms with van der Waals surface area (Å²) in [5.41, 5.74) is 1.49. The first-order chi connectivity index (χ1) is 9.08. The minimum absolute atomic E-state index is 0.0600. The van der Waals surface area contributed by atoms with E-state index in [9.17, 15) is 9.18 Å². The molecule has 0 fully saturated rings. The highest BCUT2D eigenvalue weighted by Gasteiger charge is 2.10. The Kier molecular flexibility index (Phi) is 4.61. The monoisotopic (exact) mass is 294 g/mol. The van der Waals surface area contributed by atoms with Crippen molar-refractivity contribution in [2.75, 3.05) is 5.75 Å². The molecule has 2 aromatic rings. The Labute approximate surface area is 120 Å². The number of carbonyl (C=O) groups is 1. The molecule has 19 heavy (non-hydrogen) atoms. The van der Waals surface area contributed by atoms with E-state index in [0.717, 1.165) is 5.56 Å². The molecule has 0 spiro atoms. The van der Waals surface area contributed by atoms with E-state index in [1.54, 1.807) is 30.3 Å². The largest absolute Gasteiger partial charge is 0.293 e. The van der Waals surface area contributed by atoms with Crippen molar-refractivity contribution < 1.29 is 9.18 Å².